The zero-order valence-electron chi connectivity index (χ0n) is 11.7. The number of pyridine rings is 1. The van der Waals surface area contributed by atoms with Crippen molar-refractivity contribution in [1.82, 2.24) is 4.98 Å². The van der Waals surface area contributed by atoms with E-state index >= 15 is 0 Å². The number of nitrogens with one attached hydrogen (secondary N) is 1. The molecule has 0 saturated heterocycles. The first-order chi connectivity index (χ1) is 9.54. The van der Waals surface area contributed by atoms with E-state index in [1.54, 1.807) is 13.1 Å². The van der Waals surface area contributed by atoms with E-state index in [4.69, 9.17) is 4.74 Å². The molecule has 20 heavy (non-hydrogen) atoms. The zero-order chi connectivity index (χ0) is 14.3. The minimum Gasteiger partial charge on any atom is -0.477 e. The van der Waals surface area contributed by atoms with Crippen LogP contribution < -0.4 is 10.1 Å². The van der Waals surface area contributed by atoms with Gasteiger partial charge in [0.15, 0.2) is 17.7 Å². The molecule has 3 rings (SSSR count). The number of amides is 1. The normalized spacial score (nSPS) is 17.1. The van der Waals surface area contributed by atoms with Gasteiger partial charge in [0.25, 0.3) is 5.91 Å². The van der Waals surface area contributed by atoms with Crippen molar-refractivity contribution in [3.8, 4) is 16.9 Å². The molecule has 0 saturated carbocycles. The highest BCUT2D eigenvalue weighted by molar-refractivity contribution is 5.96. The molecule has 0 radical (unpaired) electrons. The molecule has 1 aliphatic heterocycles. The van der Waals surface area contributed by atoms with E-state index in [1.807, 2.05) is 6.07 Å². The highest BCUT2D eigenvalue weighted by atomic mass is 16.5. The van der Waals surface area contributed by atoms with Gasteiger partial charge in [-0.1, -0.05) is 23.8 Å². The number of hydrogen-bond donors (Lipinski definition) is 1. The summed E-state index contributed by atoms with van der Waals surface area (Å²) in [6, 6.07) is 8.24. The number of carbonyl (C=O) groups excluding carboxylic acids is 1. The summed E-state index contributed by atoms with van der Waals surface area (Å²) in [5, 5.41) is 2.74. The van der Waals surface area contributed by atoms with Gasteiger partial charge in [-0.15, -0.1) is 0 Å². The molecular weight excluding hydrogens is 252 g/mol. The topological polar surface area (TPSA) is 51.2 Å². The molecule has 1 aromatic carbocycles. The summed E-state index contributed by atoms with van der Waals surface area (Å²) in [7, 11) is 0. The van der Waals surface area contributed by atoms with Gasteiger partial charge in [-0.25, -0.2) is 4.98 Å². The van der Waals surface area contributed by atoms with E-state index in [2.05, 4.69) is 42.3 Å². The minimum atomic E-state index is -0.488. The third-order valence-corrected chi connectivity index (χ3v) is 3.47. The van der Waals surface area contributed by atoms with Crippen LogP contribution in [0.25, 0.3) is 11.1 Å². The average molecular weight is 268 g/mol. The second-order valence-electron chi connectivity index (χ2n) is 5.14. The van der Waals surface area contributed by atoms with Gasteiger partial charge in [-0.2, -0.15) is 0 Å². The van der Waals surface area contributed by atoms with Gasteiger partial charge in [0.2, 0.25) is 0 Å². The van der Waals surface area contributed by atoms with E-state index in [0.717, 1.165) is 11.1 Å². The van der Waals surface area contributed by atoms with Gasteiger partial charge in [-0.05, 0) is 38.0 Å². The number of rotatable bonds is 1. The van der Waals surface area contributed by atoms with Crippen molar-refractivity contribution in [3.05, 3.63) is 41.6 Å². The predicted octanol–water partition coefficient (Wildman–Crippen LogP) is 3.08. The van der Waals surface area contributed by atoms with Crippen molar-refractivity contribution in [3.63, 3.8) is 0 Å². The molecule has 2 heterocycles. The molecule has 102 valence electrons. The predicted molar refractivity (Wildman–Crippen MR) is 77.9 cm³/mol. The van der Waals surface area contributed by atoms with Crippen LogP contribution in [-0.2, 0) is 4.79 Å². The lowest BCUT2D eigenvalue weighted by Crippen LogP contribution is -2.34. The summed E-state index contributed by atoms with van der Waals surface area (Å²) in [4.78, 5) is 15.8. The molecule has 0 bridgehead atoms. The second-order valence-corrected chi connectivity index (χ2v) is 5.14. The average Bonchev–Trinajstić information content (AvgIpc) is 2.42. The van der Waals surface area contributed by atoms with Crippen LogP contribution in [0.5, 0.6) is 5.75 Å². The molecule has 4 nitrogen and oxygen atoms in total. The molecule has 1 aromatic heterocycles. The van der Waals surface area contributed by atoms with Gasteiger partial charge < -0.3 is 10.1 Å². The molecule has 1 N–H and O–H groups in total. The van der Waals surface area contributed by atoms with Crippen LogP contribution in [0.4, 0.5) is 5.82 Å². The summed E-state index contributed by atoms with van der Waals surface area (Å²) < 4.78 is 5.60. The number of ether oxygens (including phenoxy) is 1. The third kappa shape index (κ3) is 2.13. The lowest BCUT2D eigenvalue weighted by Gasteiger charge is -2.23. The molecule has 0 aliphatic carbocycles. The Kier molecular flexibility index (Phi) is 2.93. The van der Waals surface area contributed by atoms with Crippen LogP contribution in [0.3, 0.4) is 0 Å². The Bertz CT molecular complexity index is 695. The fourth-order valence-electron chi connectivity index (χ4n) is 2.28. The Morgan fingerprint density at radius 3 is 2.85 bits per heavy atom. The van der Waals surface area contributed by atoms with Crippen molar-refractivity contribution in [1.29, 1.82) is 0 Å². The SMILES string of the molecule is Cc1ccc(C)c(-c2cnc3c(c2)OC(C)C(=O)N3)c1. The second kappa shape index (κ2) is 4.63. The van der Waals surface area contributed by atoms with Crippen LogP contribution in [0.2, 0.25) is 0 Å². The molecule has 4 heteroatoms. The minimum absolute atomic E-state index is 0.163. The fourth-order valence-corrected chi connectivity index (χ4v) is 2.28. The van der Waals surface area contributed by atoms with Crippen molar-refractivity contribution >= 4 is 11.7 Å². The zero-order valence-corrected chi connectivity index (χ0v) is 11.7. The van der Waals surface area contributed by atoms with Gasteiger partial charge >= 0.3 is 0 Å². The van der Waals surface area contributed by atoms with Crippen LogP contribution in [0, 0.1) is 13.8 Å². The van der Waals surface area contributed by atoms with Crippen LogP contribution in [-0.4, -0.2) is 17.0 Å². The first kappa shape index (κ1) is 12.7. The fraction of sp³-hybridized carbons (Fsp3) is 0.250. The Morgan fingerprint density at radius 2 is 2.05 bits per heavy atom. The first-order valence-electron chi connectivity index (χ1n) is 6.60. The number of anilines is 1. The molecule has 1 amide bonds. The first-order valence-corrected chi connectivity index (χ1v) is 6.60. The summed E-state index contributed by atoms with van der Waals surface area (Å²) >= 11 is 0. The highest BCUT2D eigenvalue weighted by Gasteiger charge is 2.24. The molecule has 0 fully saturated rings. The van der Waals surface area contributed by atoms with Gasteiger partial charge in [0.05, 0.1) is 0 Å². The number of aromatic nitrogens is 1. The smallest absolute Gasteiger partial charge is 0.266 e. The van der Waals surface area contributed by atoms with Crippen LogP contribution >= 0.6 is 0 Å². The van der Waals surface area contributed by atoms with E-state index in [0.29, 0.717) is 11.6 Å². The number of nitrogens with zero attached hydrogens (tertiary/aromatic N) is 1. The maximum atomic E-state index is 11.5. The Morgan fingerprint density at radius 1 is 1.25 bits per heavy atom. The van der Waals surface area contributed by atoms with Crippen LogP contribution in [0.1, 0.15) is 18.1 Å². The maximum Gasteiger partial charge on any atom is 0.266 e. The highest BCUT2D eigenvalue weighted by Crippen LogP contribution is 2.33. The van der Waals surface area contributed by atoms with Crippen molar-refractivity contribution in [2.45, 2.75) is 26.9 Å². The Hall–Kier alpha value is -2.36. The third-order valence-electron chi connectivity index (χ3n) is 3.47. The molecule has 1 atom stereocenters. The number of benzene rings is 1. The van der Waals surface area contributed by atoms with Crippen molar-refractivity contribution in [2.75, 3.05) is 5.32 Å². The summed E-state index contributed by atoms with van der Waals surface area (Å²) in [6.07, 6.45) is 1.28. The van der Waals surface area contributed by atoms with Gasteiger partial charge in [0.1, 0.15) is 0 Å². The molecule has 1 unspecified atom stereocenters. The number of fused-ring (bicyclic) bond motifs is 1. The lowest BCUT2D eigenvalue weighted by atomic mass is 9.99. The van der Waals surface area contributed by atoms with E-state index in [1.165, 1.54) is 11.1 Å². The van der Waals surface area contributed by atoms with E-state index in [-0.39, 0.29) is 5.91 Å². The van der Waals surface area contributed by atoms with E-state index in [9.17, 15) is 4.79 Å². The number of hydrogen-bond acceptors (Lipinski definition) is 3. The monoisotopic (exact) mass is 268 g/mol. The molecule has 2 aromatic rings. The summed E-state index contributed by atoms with van der Waals surface area (Å²) in [6.45, 7) is 5.86. The molecule has 0 spiro atoms. The van der Waals surface area contributed by atoms with Crippen molar-refractivity contribution in [2.24, 2.45) is 0 Å². The lowest BCUT2D eigenvalue weighted by molar-refractivity contribution is -0.122. The van der Waals surface area contributed by atoms with Gasteiger partial charge in [-0.3, -0.25) is 4.79 Å². The standard InChI is InChI=1S/C16H16N2O2/c1-9-4-5-10(2)13(6-9)12-7-14-15(17-8-12)18-16(19)11(3)20-14/h4-8,11H,1-3H3,(H,17,18,19). The van der Waals surface area contributed by atoms with Crippen LogP contribution in [0.15, 0.2) is 30.5 Å². The number of carbonyl (C=O) groups is 1. The summed E-state index contributed by atoms with van der Waals surface area (Å²) in [5.74, 6) is 0.946. The Balaban J connectivity index is 2.07. The van der Waals surface area contributed by atoms with Gasteiger partial charge in [0, 0.05) is 11.8 Å². The quantitative estimate of drug-likeness (QED) is 0.864. The summed E-state index contributed by atoms with van der Waals surface area (Å²) in [5.41, 5.74) is 4.51. The number of aryl methyl sites for hydroxylation is 2. The molecule has 1 aliphatic rings. The largest absolute Gasteiger partial charge is 0.477 e. The van der Waals surface area contributed by atoms with Crippen molar-refractivity contribution < 1.29 is 9.53 Å². The Labute approximate surface area is 117 Å². The maximum absolute atomic E-state index is 11.5. The molecular formula is C16H16N2O2. The van der Waals surface area contributed by atoms with E-state index < -0.39 is 6.10 Å².